The number of hydrogen-bond acceptors (Lipinski definition) is 2. The molecule has 0 saturated heterocycles. The zero-order chi connectivity index (χ0) is 12.5. The summed E-state index contributed by atoms with van der Waals surface area (Å²) >= 11 is 0. The van der Waals surface area contributed by atoms with Crippen molar-refractivity contribution in [2.24, 2.45) is 0 Å². The van der Waals surface area contributed by atoms with Gasteiger partial charge in [-0.25, -0.2) is 4.98 Å². The van der Waals surface area contributed by atoms with E-state index >= 15 is 0 Å². The lowest BCUT2D eigenvalue weighted by molar-refractivity contribution is 0.112. The first-order valence-corrected chi connectivity index (χ1v) is 5.79. The monoisotopic (exact) mass is 236 g/mol. The maximum atomic E-state index is 11.4. The van der Waals surface area contributed by atoms with Gasteiger partial charge < -0.3 is 4.98 Å². The molecule has 0 saturated carbocycles. The summed E-state index contributed by atoms with van der Waals surface area (Å²) in [6.07, 6.45) is 2.65. The van der Waals surface area contributed by atoms with Gasteiger partial charge in [0.1, 0.15) is 5.65 Å². The Bertz CT molecular complexity index is 714. The molecule has 88 valence electrons. The van der Waals surface area contributed by atoms with Crippen LogP contribution in [0.25, 0.3) is 22.3 Å². The van der Waals surface area contributed by atoms with Crippen molar-refractivity contribution < 1.29 is 4.79 Å². The molecule has 3 aromatic rings. The molecule has 3 rings (SSSR count). The average Bonchev–Trinajstić information content (AvgIpc) is 2.79. The van der Waals surface area contributed by atoms with E-state index in [1.807, 2.05) is 43.3 Å². The molecule has 0 aliphatic heterocycles. The number of benzene rings is 1. The number of aromatic nitrogens is 2. The van der Waals surface area contributed by atoms with Crippen molar-refractivity contribution in [3.8, 4) is 11.3 Å². The summed E-state index contributed by atoms with van der Waals surface area (Å²) in [5.41, 5.74) is 4.33. The molecule has 1 aromatic carbocycles. The normalized spacial score (nSPS) is 10.7. The lowest BCUT2D eigenvalue weighted by Gasteiger charge is -1.99. The lowest BCUT2D eigenvalue weighted by Crippen LogP contribution is -1.85. The fourth-order valence-electron chi connectivity index (χ4n) is 2.25. The number of H-pyrrole nitrogens is 1. The quantitative estimate of drug-likeness (QED) is 0.693. The summed E-state index contributed by atoms with van der Waals surface area (Å²) in [6, 6.07) is 11.7. The number of hydrogen-bond donors (Lipinski definition) is 1. The number of rotatable bonds is 2. The number of carbonyl (C=O) groups excluding carboxylic acids is 1. The van der Waals surface area contributed by atoms with Gasteiger partial charge in [0.2, 0.25) is 0 Å². The Morgan fingerprint density at radius 2 is 1.94 bits per heavy atom. The van der Waals surface area contributed by atoms with Crippen molar-refractivity contribution >= 4 is 17.3 Å². The molecule has 0 amide bonds. The predicted molar refractivity (Wildman–Crippen MR) is 71.7 cm³/mol. The predicted octanol–water partition coefficient (Wildman–Crippen LogP) is 3.35. The summed E-state index contributed by atoms with van der Waals surface area (Å²) in [4.78, 5) is 18.9. The number of aldehydes is 1. The maximum absolute atomic E-state index is 11.4. The standard InChI is InChI=1S/C15H12N2O/c1-10-7-8-16-15-13(10)12(9-18)14(17-15)11-5-3-2-4-6-11/h2-9H,1H3,(H,16,17). The van der Waals surface area contributed by atoms with Crippen molar-refractivity contribution in [2.75, 3.05) is 0 Å². The van der Waals surface area contributed by atoms with E-state index in [0.29, 0.717) is 5.56 Å². The Morgan fingerprint density at radius 1 is 1.17 bits per heavy atom. The third kappa shape index (κ3) is 1.52. The molecule has 0 aliphatic carbocycles. The topological polar surface area (TPSA) is 45.8 Å². The van der Waals surface area contributed by atoms with E-state index in [0.717, 1.165) is 34.1 Å². The van der Waals surface area contributed by atoms with Crippen molar-refractivity contribution in [2.45, 2.75) is 6.92 Å². The molecule has 0 fully saturated rings. The lowest BCUT2D eigenvalue weighted by atomic mass is 10.0. The first kappa shape index (κ1) is 10.7. The minimum Gasteiger partial charge on any atom is -0.339 e. The summed E-state index contributed by atoms with van der Waals surface area (Å²) in [5.74, 6) is 0. The second-order valence-corrected chi connectivity index (χ2v) is 4.25. The van der Waals surface area contributed by atoms with Crippen LogP contribution in [-0.2, 0) is 0 Å². The van der Waals surface area contributed by atoms with Gasteiger partial charge >= 0.3 is 0 Å². The van der Waals surface area contributed by atoms with Crippen molar-refractivity contribution in [3.63, 3.8) is 0 Å². The highest BCUT2D eigenvalue weighted by Crippen LogP contribution is 2.29. The average molecular weight is 236 g/mol. The number of pyridine rings is 1. The van der Waals surface area contributed by atoms with Crippen molar-refractivity contribution in [1.82, 2.24) is 9.97 Å². The highest BCUT2D eigenvalue weighted by atomic mass is 16.1. The van der Waals surface area contributed by atoms with Gasteiger partial charge in [0.25, 0.3) is 0 Å². The van der Waals surface area contributed by atoms with Crippen LogP contribution in [0, 0.1) is 6.92 Å². The maximum Gasteiger partial charge on any atom is 0.152 e. The van der Waals surface area contributed by atoms with Gasteiger partial charge in [-0.15, -0.1) is 0 Å². The zero-order valence-electron chi connectivity index (χ0n) is 9.97. The van der Waals surface area contributed by atoms with Crippen LogP contribution in [0.4, 0.5) is 0 Å². The highest BCUT2D eigenvalue weighted by Gasteiger charge is 2.14. The Morgan fingerprint density at radius 3 is 2.67 bits per heavy atom. The first-order valence-electron chi connectivity index (χ1n) is 5.79. The van der Waals surface area contributed by atoms with Crippen LogP contribution in [-0.4, -0.2) is 16.3 Å². The third-order valence-electron chi connectivity index (χ3n) is 3.12. The van der Waals surface area contributed by atoms with E-state index in [1.54, 1.807) is 6.20 Å². The van der Waals surface area contributed by atoms with E-state index in [-0.39, 0.29) is 0 Å². The fraction of sp³-hybridized carbons (Fsp3) is 0.0667. The van der Waals surface area contributed by atoms with Crippen LogP contribution in [0.5, 0.6) is 0 Å². The van der Waals surface area contributed by atoms with Gasteiger partial charge in [-0.2, -0.15) is 0 Å². The molecule has 1 N–H and O–H groups in total. The van der Waals surface area contributed by atoms with Crippen LogP contribution in [0.1, 0.15) is 15.9 Å². The molecular formula is C15H12N2O. The van der Waals surface area contributed by atoms with Crippen LogP contribution >= 0.6 is 0 Å². The second-order valence-electron chi connectivity index (χ2n) is 4.25. The molecule has 0 radical (unpaired) electrons. The Hall–Kier alpha value is -2.42. The van der Waals surface area contributed by atoms with E-state index in [9.17, 15) is 4.79 Å². The van der Waals surface area contributed by atoms with Gasteiger partial charge in [-0.3, -0.25) is 4.79 Å². The number of nitrogens with zero attached hydrogens (tertiary/aromatic N) is 1. The molecule has 18 heavy (non-hydrogen) atoms. The van der Waals surface area contributed by atoms with Crippen LogP contribution in [0.3, 0.4) is 0 Å². The van der Waals surface area contributed by atoms with Gasteiger partial charge in [0, 0.05) is 17.1 Å². The molecule has 0 aliphatic rings. The smallest absolute Gasteiger partial charge is 0.152 e. The zero-order valence-corrected chi connectivity index (χ0v) is 9.97. The van der Waals surface area contributed by atoms with E-state index < -0.39 is 0 Å². The van der Waals surface area contributed by atoms with Gasteiger partial charge in [0.15, 0.2) is 6.29 Å². The van der Waals surface area contributed by atoms with Gasteiger partial charge in [-0.1, -0.05) is 30.3 Å². The molecule has 0 bridgehead atoms. The molecule has 3 heteroatoms. The van der Waals surface area contributed by atoms with Crippen molar-refractivity contribution in [1.29, 1.82) is 0 Å². The molecule has 0 spiro atoms. The molecule has 0 atom stereocenters. The number of aromatic amines is 1. The SMILES string of the molecule is Cc1ccnc2[nH]c(-c3ccccc3)c(C=O)c12. The van der Waals surface area contributed by atoms with Crippen LogP contribution < -0.4 is 0 Å². The van der Waals surface area contributed by atoms with E-state index in [4.69, 9.17) is 0 Å². The molecular weight excluding hydrogens is 224 g/mol. The number of fused-ring (bicyclic) bond motifs is 1. The van der Waals surface area contributed by atoms with E-state index in [2.05, 4.69) is 9.97 Å². The van der Waals surface area contributed by atoms with Crippen molar-refractivity contribution in [3.05, 3.63) is 53.7 Å². The highest BCUT2D eigenvalue weighted by molar-refractivity contribution is 6.04. The van der Waals surface area contributed by atoms with Gasteiger partial charge in [0.05, 0.1) is 5.69 Å². The number of carbonyl (C=O) groups is 1. The minimum atomic E-state index is 0.682. The third-order valence-corrected chi connectivity index (χ3v) is 3.12. The Balaban J connectivity index is 2.37. The molecule has 2 aromatic heterocycles. The molecule has 2 heterocycles. The van der Waals surface area contributed by atoms with Crippen LogP contribution in [0.15, 0.2) is 42.6 Å². The summed E-state index contributed by atoms with van der Waals surface area (Å²) in [6.45, 7) is 1.99. The summed E-state index contributed by atoms with van der Waals surface area (Å²) in [5, 5.41) is 0.909. The second kappa shape index (κ2) is 4.11. The number of nitrogens with one attached hydrogen (secondary N) is 1. The Kier molecular flexibility index (Phi) is 2.45. The summed E-state index contributed by atoms with van der Waals surface area (Å²) < 4.78 is 0. The molecule has 3 nitrogen and oxygen atoms in total. The minimum absolute atomic E-state index is 0.682. The first-order chi connectivity index (χ1) is 8.81. The molecule has 0 unspecified atom stereocenters. The van der Waals surface area contributed by atoms with E-state index in [1.165, 1.54) is 0 Å². The fourth-order valence-corrected chi connectivity index (χ4v) is 2.25. The largest absolute Gasteiger partial charge is 0.339 e. The van der Waals surface area contributed by atoms with Crippen LogP contribution in [0.2, 0.25) is 0 Å². The number of aryl methyl sites for hydroxylation is 1. The van der Waals surface area contributed by atoms with Gasteiger partial charge in [-0.05, 0) is 24.1 Å². The Labute approximate surface area is 104 Å². The summed E-state index contributed by atoms with van der Waals surface area (Å²) in [7, 11) is 0.